The molecule has 1 aliphatic rings. The van der Waals surface area contributed by atoms with Gasteiger partial charge >= 0.3 is 0 Å². The van der Waals surface area contributed by atoms with Crippen molar-refractivity contribution >= 4 is 10.0 Å². The van der Waals surface area contributed by atoms with Gasteiger partial charge in [-0.2, -0.15) is 0 Å². The third-order valence-electron chi connectivity index (χ3n) is 3.88. The van der Waals surface area contributed by atoms with Crippen molar-refractivity contribution in [1.29, 1.82) is 0 Å². The zero-order valence-electron chi connectivity index (χ0n) is 13.7. The molecule has 23 heavy (non-hydrogen) atoms. The average molecular weight is 344 g/mol. The number of ether oxygens (including phenoxy) is 1. The number of hydrogen-bond donors (Lipinski definition) is 1. The molecule has 0 aliphatic carbocycles. The SMILES string of the molecule is Cc1ccc(CS(=O)(=O)NCC(C)CN2CCOCC2)c(F)c1. The Labute approximate surface area is 137 Å². The molecule has 0 spiro atoms. The smallest absolute Gasteiger partial charge is 0.215 e. The van der Waals surface area contributed by atoms with Crippen LogP contribution in [0.15, 0.2) is 18.2 Å². The van der Waals surface area contributed by atoms with Gasteiger partial charge in [-0.25, -0.2) is 17.5 Å². The minimum atomic E-state index is -3.54. The van der Waals surface area contributed by atoms with E-state index in [0.717, 1.165) is 38.4 Å². The summed E-state index contributed by atoms with van der Waals surface area (Å²) in [7, 11) is -3.54. The summed E-state index contributed by atoms with van der Waals surface area (Å²) in [5.41, 5.74) is 0.972. The molecule has 0 aromatic heterocycles. The number of sulfonamides is 1. The molecule has 1 unspecified atom stereocenters. The van der Waals surface area contributed by atoms with Crippen LogP contribution in [0.4, 0.5) is 4.39 Å². The number of benzene rings is 1. The summed E-state index contributed by atoms with van der Waals surface area (Å²) < 4.78 is 45.9. The topological polar surface area (TPSA) is 58.6 Å². The van der Waals surface area contributed by atoms with Gasteiger partial charge in [0.05, 0.1) is 19.0 Å². The van der Waals surface area contributed by atoms with E-state index in [-0.39, 0.29) is 17.2 Å². The van der Waals surface area contributed by atoms with E-state index in [2.05, 4.69) is 9.62 Å². The second-order valence-corrected chi connectivity index (χ2v) is 8.03. The molecule has 1 heterocycles. The average Bonchev–Trinajstić information content (AvgIpc) is 2.49. The third-order valence-corrected chi connectivity index (χ3v) is 5.18. The zero-order chi connectivity index (χ0) is 16.9. The number of nitrogens with zero attached hydrogens (tertiary/aromatic N) is 1. The van der Waals surface area contributed by atoms with Gasteiger partial charge in [-0.1, -0.05) is 19.1 Å². The second kappa shape index (κ2) is 8.19. The molecular weight excluding hydrogens is 319 g/mol. The van der Waals surface area contributed by atoms with E-state index in [0.29, 0.717) is 6.54 Å². The molecule has 0 radical (unpaired) electrons. The van der Waals surface area contributed by atoms with Crippen LogP contribution in [0.5, 0.6) is 0 Å². The van der Waals surface area contributed by atoms with Crippen LogP contribution in [-0.2, 0) is 20.5 Å². The highest BCUT2D eigenvalue weighted by Crippen LogP contribution is 2.13. The largest absolute Gasteiger partial charge is 0.379 e. The summed E-state index contributed by atoms with van der Waals surface area (Å²) >= 11 is 0. The van der Waals surface area contributed by atoms with Crippen molar-refractivity contribution in [3.05, 3.63) is 35.1 Å². The lowest BCUT2D eigenvalue weighted by molar-refractivity contribution is 0.0321. The van der Waals surface area contributed by atoms with E-state index in [1.54, 1.807) is 13.0 Å². The fourth-order valence-electron chi connectivity index (χ4n) is 2.58. The summed E-state index contributed by atoms with van der Waals surface area (Å²) in [6.45, 7) is 8.17. The fourth-order valence-corrected chi connectivity index (χ4v) is 3.87. The van der Waals surface area contributed by atoms with Crippen molar-refractivity contribution in [2.45, 2.75) is 19.6 Å². The van der Waals surface area contributed by atoms with Gasteiger partial charge in [0.25, 0.3) is 0 Å². The van der Waals surface area contributed by atoms with Crippen molar-refractivity contribution in [1.82, 2.24) is 9.62 Å². The van der Waals surface area contributed by atoms with Gasteiger partial charge in [-0.3, -0.25) is 4.90 Å². The van der Waals surface area contributed by atoms with E-state index in [9.17, 15) is 12.8 Å². The van der Waals surface area contributed by atoms with E-state index in [1.165, 1.54) is 12.1 Å². The molecule has 1 aromatic carbocycles. The maximum absolute atomic E-state index is 13.8. The lowest BCUT2D eigenvalue weighted by Gasteiger charge is -2.29. The Morgan fingerprint density at radius 3 is 2.70 bits per heavy atom. The molecule has 1 fully saturated rings. The van der Waals surface area contributed by atoms with Gasteiger partial charge in [-0.05, 0) is 24.5 Å². The van der Waals surface area contributed by atoms with Gasteiger partial charge in [-0.15, -0.1) is 0 Å². The number of hydrogen-bond acceptors (Lipinski definition) is 4. The molecule has 130 valence electrons. The van der Waals surface area contributed by atoms with Gasteiger partial charge in [0.15, 0.2) is 0 Å². The van der Waals surface area contributed by atoms with E-state index in [4.69, 9.17) is 4.74 Å². The number of morpholine rings is 1. The monoisotopic (exact) mass is 344 g/mol. The number of aryl methyl sites for hydroxylation is 1. The summed E-state index contributed by atoms with van der Waals surface area (Å²) in [4.78, 5) is 2.27. The first-order chi connectivity index (χ1) is 10.9. The summed E-state index contributed by atoms with van der Waals surface area (Å²) in [6.07, 6.45) is 0. The molecule has 1 saturated heterocycles. The standard InChI is InChI=1S/C16H25FN2O3S/c1-13-3-4-15(16(17)9-13)12-23(20,21)18-10-14(2)11-19-5-7-22-8-6-19/h3-4,9,14,18H,5-8,10-12H2,1-2H3. The molecule has 1 N–H and O–H groups in total. The highest BCUT2D eigenvalue weighted by Gasteiger charge is 2.18. The second-order valence-electron chi connectivity index (χ2n) is 6.22. The van der Waals surface area contributed by atoms with Crippen LogP contribution < -0.4 is 4.72 Å². The minimum absolute atomic E-state index is 0.186. The first-order valence-electron chi connectivity index (χ1n) is 7.88. The van der Waals surface area contributed by atoms with Crippen molar-refractivity contribution in [3.63, 3.8) is 0 Å². The normalized spacial score (nSPS) is 18.0. The number of nitrogens with one attached hydrogen (secondary N) is 1. The van der Waals surface area contributed by atoms with Crippen molar-refractivity contribution in [2.75, 3.05) is 39.4 Å². The molecular formula is C16H25FN2O3S. The first kappa shape index (κ1) is 18.3. The Kier molecular flexibility index (Phi) is 6.52. The lowest BCUT2D eigenvalue weighted by atomic mass is 10.1. The maximum atomic E-state index is 13.8. The predicted molar refractivity (Wildman–Crippen MR) is 88.2 cm³/mol. The van der Waals surface area contributed by atoms with Crippen LogP contribution in [0.3, 0.4) is 0 Å². The Morgan fingerprint density at radius 1 is 1.35 bits per heavy atom. The van der Waals surface area contributed by atoms with Crippen LogP contribution in [0.1, 0.15) is 18.1 Å². The molecule has 1 aliphatic heterocycles. The van der Waals surface area contributed by atoms with Gasteiger partial charge in [0.1, 0.15) is 5.82 Å². The van der Waals surface area contributed by atoms with Crippen LogP contribution in [0.2, 0.25) is 0 Å². The van der Waals surface area contributed by atoms with Crippen LogP contribution in [0, 0.1) is 18.7 Å². The molecule has 2 rings (SSSR count). The molecule has 0 amide bonds. The lowest BCUT2D eigenvalue weighted by Crippen LogP contribution is -2.41. The molecule has 0 saturated carbocycles. The number of halogens is 1. The summed E-state index contributed by atoms with van der Waals surface area (Å²) in [6, 6.07) is 4.60. The van der Waals surface area contributed by atoms with Crippen LogP contribution in [-0.4, -0.2) is 52.7 Å². The van der Waals surface area contributed by atoms with Crippen LogP contribution >= 0.6 is 0 Å². The van der Waals surface area contributed by atoms with Gasteiger partial charge in [0.2, 0.25) is 10.0 Å². The third kappa shape index (κ3) is 6.18. The zero-order valence-corrected chi connectivity index (χ0v) is 14.5. The molecule has 5 nitrogen and oxygen atoms in total. The Balaban J connectivity index is 1.83. The molecule has 7 heteroatoms. The highest BCUT2D eigenvalue weighted by molar-refractivity contribution is 7.88. The Hall–Kier alpha value is -1.02. The Bertz CT molecular complexity index is 616. The van der Waals surface area contributed by atoms with E-state index in [1.807, 2.05) is 6.92 Å². The quantitative estimate of drug-likeness (QED) is 0.815. The molecule has 1 atom stereocenters. The fraction of sp³-hybridized carbons (Fsp3) is 0.625. The predicted octanol–water partition coefficient (Wildman–Crippen LogP) is 1.52. The van der Waals surface area contributed by atoms with Crippen molar-refractivity contribution < 1.29 is 17.5 Å². The van der Waals surface area contributed by atoms with E-state index < -0.39 is 15.8 Å². The maximum Gasteiger partial charge on any atom is 0.215 e. The van der Waals surface area contributed by atoms with Crippen molar-refractivity contribution in [2.24, 2.45) is 5.92 Å². The van der Waals surface area contributed by atoms with Gasteiger partial charge < -0.3 is 4.74 Å². The molecule has 0 bridgehead atoms. The van der Waals surface area contributed by atoms with Crippen LogP contribution in [0.25, 0.3) is 0 Å². The van der Waals surface area contributed by atoms with Crippen molar-refractivity contribution in [3.8, 4) is 0 Å². The summed E-state index contributed by atoms with van der Waals surface area (Å²) in [5, 5.41) is 0. The Morgan fingerprint density at radius 2 is 2.04 bits per heavy atom. The first-order valence-corrected chi connectivity index (χ1v) is 9.53. The van der Waals surface area contributed by atoms with E-state index >= 15 is 0 Å². The minimum Gasteiger partial charge on any atom is -0.379 e. The summed E-state index contributed by atoms with van der Waals surface area (Å²) in [5.74, 6) is -0.619. The molecule has 1 aromatic rings. The van der Waals surface area contributed by atoms with Gasteiger partial charge in [0, 0.05) is 31.7 Å². The number of rotatable bonds is 7. The highest BCUT2D eigenvalue weighted by atomic mass is 32.2.